The minimum Gasteiger partial charge on any atom is -0.318 e. The molecule has 1 aromatic heterocycles. The van der Waals surface area contributed by atoms with Crippen LogP contribution in [-0.2, 0) is 12.0 Å². The van der Waals surface area contributed by atoms with Gasteiger partial charge in [0, 0.05) is 11.9 Å². The molecule has 2 aromatic rings. The predicted molar refractivity (Wildman–Crippen MR) is 73.3 cm³/mol. The second-order valence-corrected chi connectivity index (χ2v) is 5.17. The Labute approximate surface area is 108 Å². The van der Waals surface area contributed by atoms with Crippen molar-refractivity contribution in [3.8, 4) is 0 Å². The third-order valence-electron chi connectivity index (χ3n) is 3.94. The highest BCUT2D eigenvalue weighted by Crippen LogP contribution is 2.38. The minimum absolute atomic E-state index is 0.366. The largest absolute Gasteiger partial charge is 0.318 e. The van der Waals surface area contributed by atoms with Gasteiger partial charge in [0.2, 0.25) is 0 Å². The molecule has 1 unspecified atom stereocenters. The van der Waals surface area contributed by atoms with E-state index in [0.29, 0.717) is 0 Å². The topological polar surface area (TPSA) is 38.9 Å². The van der Waals surface area contributed by atoms with E-state index >= 15 is 0 Å². The number of aryl methyl sites for hydroxylation is 2. The number of rotatable bonds is 1. The number of aromatic nitrogens is 1. The summed E-state index contributed by atoms with van der Waals surface area (Å²) >= 11 is 0. The molecule has 0 spiro atoms. The molecule has 0 amide bonds. The minimum atomic E-state index is -0.366. The van der Waals surface area contributed by atoms with E-state index in [1.54, 1.807) is 0 Å². The van der Waals surface area contributed by atoms with Gasteiger partial charge in [-0.15, -0.1) is 0 Å². The van der Waals surface area contributed by atoms with E-state index in [2.05, 4.69) is 35.3 Å². The van der Waals surface area contributed by atoms with Crippen LogP contribution in [0.2, 0.25) is 0 Å². The SMILES string of the molecule is Cc1ccc(C2(N)CCCc3ccccc32)cn1. The van der Waals surface area contributed by atoms with Gasteiger partial charge in [-0.2, -0.15) is 0 Å². The molecule has 1 atom stereocenters. The number of benzene rings is 1. The van der Waals surface area contributed by atoms with E-state index < -0.39 is 0 Å². The lowest BCUT2D eigenvalue weighted by Gasteiger charge is -2.36. The van der Waals surface area contributed by atoms with Crippen molar-refractivity contribution in [2.24, 2.45) is 5.73 Å². The molecule has 1 heterocycles. The molecule has 0 saturated carbocycles. The van der Waals surface area contributed by atoms with E-state index in [0.717, 1.165) is 30.5 Å². The van der Waals surface area contributed by atoms with Crippen molar-refractivity contribution in [3.05, 3.63) is 65.0 Å². The van der Waals surface area contributed by atoms with Gasteiger partial charge >= 0.3 is 0 Å². The Balaban J connectivity index is 2.13. The fourth-order valence-corrected chi connectivity index (χ4v) is 2.90. The second kappa shape index (κ2) is 4.21. The molecule has 0 aliphatic heterocycles. The molecule has 2 nitrogen and oxygen atoms in total. The van der Waals surface area contributed by atoms with Gasteiger partial charge in [-0.3, -0.25) is 4.98 Å². The molecule has 1 aliphatic carbocycles. The first-order chi connectivity index (χ1) is 8.70. The molecule has 3 rings (SSSR count). The molecule has 0 saturated heterocycles. The first-order valence-electron chi connectivity index (χ1n) is 6.50. The predicted octanol–water partition coefficient (Wildman–Crippen LogP) is 2.93. The molecular weight excluding hydrogens is 220 g/mol. The van der Waals surface area contributed by atoms with Crippen LogP contribution in [0.4, 0.5) is 0 Å². The number of hydrogen-bond donors (Lipinski definition) is 1. The molecular formula is C16H18N2. The summed E-state index contributed by atoms with van der Waals surface area (Å²) in [7, 11) is 0. The Hall–Kier alpha value is -1.67. The van der Waals surface area contributed by atoms with Crippen LogP contribution in [0.15, 0.2) is 42.6 Å². The van der Waals surface area contributed by atoms with Crippen molar-refractivity contribution in [3.63, 3.8) is 0 Å². The van der Waals surface area contributed by atoms with Crippen molar-refractivity contribution in [1.29, 1.82) is 0 Å². The zero-order chi connectivity index (χ0) is 12.6. The lowest BCUT2D eigenvalue weighted by Crippen LogP contribution is -2.41. The van der Waals surface area contributed by atoms with E-state index in [4.69, 9.17) is 5.73 Å². The van der Waals surface area contributed by atoms with Gasteiger partial charge in [-0.25, -0.2) is 0 Å². The molecule has 2 N–H and O–H groups in total. The molecule has 0 bridgehead atoms. The van der Waals surface area contributed by atoms with Crippen LogP contribution in [0.1, 0.15) is 35.2 Å². The van der Waals surface area contributed by atoms with Crippen molar-refractivity contribution >= 4 is 0 Å². The van der Waals surface area contributed by atoms with Crippen LogP contribution in [0.5, 0.6) is 0 Å². The third kappa shape index (κ3) is 1.73. The average Bonchev–Trinajstić information content (AvgIpc) is 2.40. The Kier molecular flexibility index (Phi) is 2.67. The van der Waals surface area contributed by atoms with Crippen LogP contribution in [0, 0.1) is 6.92 Å². The maximum Gasteiger partial charge on any atom is 0.0683 e. The summed E-state index contributed by atoms with van der Waals surface area (Å²) in [5, 5.41) is 0. The Morgan fingerprint density at radius 3 is 2.78 bits per heavy atom. The molecule has 92 valence electrons. The number of pyridine rings is 1. The molecule has 0 radical (unpaired) electrons. The van der Waals surface area contributed by atoms with Gasteiger partial charge in [-0.1, -0.05) is 30.3 Å². The van der Waals surface area contributed by atoms with Gasteiger partial charge in [0.1, 0.15) is 0 Å². The summed E-state index contributed by atoms with van der Waals surface area (Å²) in [4.78, 5) is 4.39. The first-order valence-corrected chi connectivity index (χ1v) is 6.50. The first kappa shape index (κ1) is 11.4. The zero-order valence-electron chi connectivity index (χ0n) is 10.7. The summed E-state index contributed by atoms with van der Waals surface area (Å²) < 4.78 is 0. The van der Waals surface area contributed by atoms with Crippen molar-refractivity contribution in [1.82, 2.24) is 4.98 Å². The number of hydrogen-bond acceptors (Lipinski definition) is 2. The zero-order valence-corrected chi connectivity index (χ0v) is 10.7. The molecule has 1 aromatic carbocycles. The lowest BCUT2D eigenvalue weighted by atomic mass is 9.73. The quantitative estimate of drug-likeness (QED) is 0.829. The Morgan fingerprint density at radius 1 is 1.17 bits per heavy atom. The second-order valence-electron chi connectivity index (χ2n) is 5.17. The van der Waals surface area contributed by atoms with Crippen LogP contribution < -0.4 is 5.73 Å². The Bertz CT molecular complexity index is 560. The van der Waals surface area contributed by atoms with E-state index in [-0.39, 0.29) is 5.54 Å². The third-order valence-corrected chi connectivity index (χ3v) is 3.94. The molecule has 0 fully saturated rings. The summed E-state index contributed by atoms with van der Waals surface area (Å²) in [6.45, 7) is 2.00. The van der Waals surface area contributed by atoms with Gasteiger partial charge in [0.05, 0.1) is 5.54 Å². The molecule has 2 heteroatoms. The lowest BCUT2D eigenvalue weighted by molar-refractivity contribution is 0.441. The van der Waals surface area contributed by atoms with Crippen LogP contribution in [-0.4, -0.2) is 4.98 Å². The maximum absolute atomic E-state index is 6.70. The van der Waals surface area contributed by atoms with Crippen LogP contribution in [0.3, 0.4) is 0 Å². The summed E-state index contributed by atoms with van der Waals surface area (Å²) in [6, 6.07) is 12.7. The van der Waals surface area contributed by atoms with E-state index in [9.17, 15) is 0 Å². The van der Waals surface area contributed by atoms with E-state index in [1.807, 2.05) is 19.2 Å². The van der Waals surface area contributed by atoms with Gasteiger partial charge in [0.25, 0.3) is 0 Å². The number of nitrogens with two attached hydrogens (primary N) is 1. The standard InChI is InChI=1S/C16H18N2/c1-12-8-9-14(11-18-12)16(17)10-4-6-13-5-2-3-7-15(13)16/h2-3,5,7-9,11H,4,6,10,17H2,1H3. The van der Waals surface area contributed by atoms with Crippen LogP contribution in [0.25, 0.3) is 0 Å². The summed E-state index contributed by atoms with van der Waals surface area (Å²) in [5.74, 6) is 0. The Morgan fingerprint density at radius 2 is 2.00 bits per heavy atom. The molecule has 1 aliphatic rings. The highest BCUT2D eigenvalue weighted by molar-refractivity contribution is 5.43. The van der Waals surface area contributed by atoms with Crippen molar-refractivity contribution in [2.45, 2.75) is 31.7 Å². The smallest absolute Gasteiger partial charge is 0.0683 e. The van der Waals surface area contributed by atoms with Crippen LogP contribution >= 0.6 is 0 Å². The fourth-order valence-electron chi connectivity index (χ4n) is 2.90. The monoisotopic (exact) mass is 238 g/mol. The summed E-state index contributed by atoms with van der Waals surface area (Å²) in [6.07, 6.45) is 5.20. The van der Waals surface area contributed by atoms with Crippen molar-refractivity contribution in [2.75, 3.05) is 0 Å². The number of fused-ring (bicyclic) bond motifs is 1. The van der Waals surface area contributed by atoms with Gasteiger partial charge in [-0.05, 0) is 48.9 Å². The highest BCUT2D eigenvalue weighted by atomic mass is 14.8. The maximum atomic E-state index is 6.70. The van der Waals surface area contributed by atoms with Gasteiger partial charge in [0.15, 0.2) is 0 Å². The summed E-state index contributed by atoms with van der Waals surface area (Å²) in [5.41, 5.74) is 11.1. The van der Waals surface area contributed by atoms with E-state index in [1.165, 1.54) is 11.1 Å². The highest BCUT2D eigenvalue weighted by Gasteiger charge is 2.34. The normalized spacial score (nSPS) is 22.6. The fraction of sp³-hybridized carbons (Fsp3) is 0.312. The molecule has 18 heavy (non-hydrogen) atoms. The number of nitrogens with zero attached hydrogens (tertiary/aromatic N) is 1. The van der Waals surface area contributed by atoms with Gasteiger partial charge < -0.3 is 5.73 Å². The van der Waals surface area contributed by atoms with Crippen molar-refractivity contribution < 1.29 is 0 Å². The average molecular weight is 238 g/mol.